The molecule has 0 radical (unpaired) electrons. The number of hydrogen-bond acceptors (Lipinski definition) is 4. The number of aliphatic hydroxyl groups is 3. The third-order valence-corrected chi connectivity index (χ3v) is 12.3. The number of amides is 1. The summed E-state index contributed by atoms with van der Waals surface area (Å²) in [7, 11) is 0. The van der Waals surface area contributed by atoms with Crippen LogP contribution in [-0.4, -0.2) is 46.1 Å². The maximum atomic E-state index is 12.4. The molecule has 0 aromatic rings. The molecule has 0 aliphatic carbocycles. The van der Waals surface area contributed by atoms with Crippen molar-refractivity contribution in [1.82, 2.24) is 5.32 Å². The molecule has 5 nitrogen and oxygen atoms in total. The Bertz CT molecular complexity index is 989. The van der Waals surface area contributed by atoms with E-state index in [2.05, 4.69) is 55.6 Å². The Hall–Kier alpha value is -1.69. The highest BCUT2D eigenvalue weighted by Gasteiger charge is 2.20. The van der Waals surface area contributed by atoms with Crippen LogP contribution in [-0.2, 0) is 4.79 Å². The van der Waals surface area contributed by atoms with Crippen LogP contribution in [0.1, 0.15) is 277 Å². The number of rotatable bonds is 49. The minimum atomic E-state index is -0.959. The molecule has 4 N–H and O–H groups in total. The fourth-order valence-corrected chi connectivity index (χ4v) is 8.20. The van der Waals surface area contributed by atoms with Gasteiger partial charge in [-0.2, -0.15) is 0 Å². The normalized spacial score (nSPS) is 13.7. The van der Waals surface area contributed by atoms with E-state index in [-0.39, 0.29) is 18.9 Å². The Balaban J connectivity index is 3.47. The second-order valence-electron chi connectivity index (χ2n) is 18.5. The summed E-state index contributed by atoms with van der Waals surface area (Å²) in [5.74, 6) is -0.330. The summed E-state index contributed by atoms with van der Waals surface area (Å²) in [4.78, 5) is 12.4. The van der Waals surface area contributed by atoms with Crippen LogP contribution in [0.4, 0.5) is 0 Å². The topological polar surface area (TPSA) is 89.8 Å². The van der Waals surface area contributed by atoms with E-state index in [1.807, 2.05) is 6.08 Å². The third-order valence-electron chi connectivity index (χ3n) is 12.3. The first-order valence-electron chi connectivity index (χ1n) is 26.9. The molecular formula is C56H105NO4. The van der Waals surface area contributed by atoms with Crippen molar-refractivity contribution in [1.29, 1.82) is 0 Å². The first-order chi connectivity index (χ1) is 30.0. The van der Waals surface area contributed by atoms with Gasteiger partial charge in [-0.05, 0) is 64.2 Å². The van der Waals surface area contributed by atoms with E-state index in [9.17, 15) is 20.1 Å². The van der Waals surface area contributed by atoms with Crippen molar-refractivity contribution in [2.24, 2.45) is 0 Å². The number of carbonyl (C=O) groups excluding carboxylic acids is 1. The number of aliphatic hydroxyl groups excluding tert-OH is 3. The highest BCUT2D eigenvalue weighted by Crippen LogP contribution is 2.17. The predicted molar refractivity (Wildman–Crippen MR) is 268 cm³/mol. The van der Waals surface area contributed by atoms with Crippen LogP contribution in [0.3, 0.4) is 0 Å². The molecule has 0 aliphatic heterocycles. The summed E-state index contributed by atoms with van der Waals surface area (Å²) < 4.78 is 0. The monoisotopic (exact) mass is 856 g/mol. The maximum Gasteiger partial charge on any atom is 0.222 e. The average Bonchev–Trinajstić information content (AvgIpc) is 3.25. The summed E-state index contributed by atoms with van der Waals surface area (Å²) in [6.45, 7) is 4.13. The van der Waals surface area contributed by atoms with E-state index in [0.29, 0.717) is 6.42 Å². The van der Waals surface area contributed by atoms with E-state index in [4.69, 9.17) is 0 Å². The highest BCUT2D eigenvalue weighted by molar-refractivity contribution is 5.76. The Morgan fingerprint density at radius 3 is 1.11 bits per heavy atom. The summed E-state index contributed by atoms with van der Waals surface area (Å²) in [6.07, 6.45) is 67.5. The third kappa shape index (κ3) is 47.6. The lowest BCUT2D eigenvalue weighted by Gasteiger charge is -2.21. The quantitative estimate of drug-likeness (QED) is 0.0362. The summed E-state index contributed by atoms with van der Waals surface area (Å²) >= 11 is 0. The largest absolute Gasteiger partial charge is 0.394 e. The van der Waals surface area contributed by atoms with Gasteiger partial charge in [0, 0.05) is 0 Å². The summed E-state index contributed by atoms with van der Waals surface area (Å²) in [6, 6.07) is -0.766. The molecule has 0 fully saturated rings. The van der Waals surface area contributed by atoms with Gasteiger partial charge in [0.2, 0.25) is 5.91 Å². The molecule has 1 amide bonds. The second-order valence-corrected chi connectivity index (χ2v) is 18.5. The fourth-order valence-electron chi connectivity index (χ4n) is 8.20. The second kappa shape index (κ2) is 50.9. The molecule has 0 aliphatic rings. The minimum absolute atomic E-state index is 0.00261. The van der Waals surface area contributed by atoms with Crippen molar-refractivity contribution in [3.63, 3.8) is 0 Å². The van der Waals surface area contributed by atoms with E-state index in [0.717, 1.165) is 44.9 Å². The van der Waals surface area contributed by atoms with E-state index in [1.165, 1.54) is 205 Å². The Kier molecular flexibility index (Phi) is 49.5. The molecule has 61 heavy (non-hydrogen) atoms. The molecule has 0 saturated carbocycles. The van der Waals surface area contributed by atoms with Gasteiger partial charge in [-0.1, -0.05) is 255 Å². The van der Waals surface area contributed by atoms with Crippen LogP contribution in [0.15, 0.2) is 48.6 Å². The Morgan fingerprint density at radius 1 is 0.410 bits per heavy atom. The Labute approximate surface area is 380 Å². The van der Waals surface area contributed by atoms with Crippen molar-refractivity contribution in [3.8, 4) is 0 Å². The molecular weight excluding hydrogens is 751 g/mol. The molecule has 3 unspecified atom stereocenters. The lowest BCUT2D eigenvalue weighted by Crippen LogP contribution is -2.45. The number of hydrogen-bond donors (Lipinski definition) is 4. The number of carbonyl (C=O) groups is 1. The van der Waals surface area contributed by atoms with E-state index in [1.54, 1.807) is 6.08 Å². The lowest BCUT2D eigenvalue weighted by molar-refractivity contribution is -0.124. The van der Waals surface area contributed by atoms with Crippen molar-refractivity contribution in [2.45, 2.75) is 295 Å². The van der Waals surface area contributed by atoms with Gasteiger partial charge in [-0.25, -0.2) is 0 Å². The number of nitrogens with one attached hydrogen (secondary N) is 1. The van der Waals surface area contributed by atoms with Gasteiger partial charge >= 0.3 is 0 Å². The van der Waals surface area contributed by atoms with Gasteiger partial charge in [0.05, 0.1) is 31.3 Å². The SMILES string of the molecule is CCC/C=C/CC/C=C/CC/C=C/C(O)C(CO)NC(=O)CC(O)CCCCCCCCCCCCCCCCC/C=C\CCCCCCCCCCCCCCCCCC. The molecule has 5 heteroatoms. The van der Waals surface area contributed by atoms with Gasteiger partial charge in [0.15, 0.2) is 0 Å². The van der Waals surface area contributed by atoms with Crippen molar-refractivity contribution < 1.29 is 20.1 Å². The maximum absolute atomic E-state index is 12.4. The van der Waals surface area contributed by atoms with Gasteiger partial charge in [0.1, 0.15) is 0 Å². The highest BCUT2D eigenvalue weighted by atomic mass is 16.3. The number of unbranched alkanes of at least 4 members (excludes halogenated alkanes) is 34. The zero-order valence-electron chi connectivity index (χ0n) is 40.8. The van der Waals surface area contributed by atoms with Gasteiger partial charge in [0.25, 0.3) is 0 Å². The molecule has 0 heterocycles. The lowest BCUT2D eigenvalue weighted by atomic mass is 10.0. The van der Waals surface area contributed by atoms with Crippen LogP contribution in [0, 0.1) is 0 Å². The molecule has 0 aromatic heterocycles. The molecule has 0 aromatic carbocycles. The Morgan fingerprint density at radius 2 is 0.738 bits per heavy atom. The van der Waals surface area contributed by atoms with Crippen molar-refractivity contribution in [3.05, 3.63) is 48.6 Å². The molecule has 0 saturated heterocycles. The fraction of sp³-hybridized carbons (Fsp3) is 0.839. The number of allylic oxidation sites excluding steroid dienone is 7. The summed E-state index contributed by atoms with van der Waals surface area (Å²) in [5, 5.41) is 33.2. The van der Waals surface area contributed by atoms with Gasteiger partial charge in [-0.15, -0.1) is 0 Å². The summed E-state index contributed by atoms with van der Waals surface area (Å²) in [5.41, 5.74) is 0. The minimum Gasteiger partial charge on any atom is -0.394 e. The molecule has 0 spiro atoms. The molecule has 0 bridgehead atoms. The zero-order valence-corrected chi connectivity index (χ0v) is 40.8. The zero-order chi connectivity index (χ0) is 44.4. The standard InChI is InChI=1S/C56H105NO4/c1-3-5-7-9-11-13-15-16-17-18-19-20-21-22-23-24-25-26-27-28-29-30-31-32-33-34-35-36-37-38-40-41-43-45-47-49-53(59)51-56(61)57-54(52-58)55(60)50-48-46-44-42-39-14-12-10-8-6-4-2/h8,10,26-27,39,42,48,50,53-55,58-60H,3-7,9,11-25,28-38,40-41,43-47,49,51-52H2,1-2H3,(H,57,61)/b10-8+,27-26-,42-39+,50-48+. The van der Waals surface area contributed by atoms with Crippen molar-refractivity contribution >= 4 is 5.91 Å². The predicted octanol–water partition coefficient (Wildman–Crippen LogP) is 16.4. The average molecular weight is 856 g/mol. The van der Waals surface area contributed by atoms with Gasteiger partial charge < -0.3 is 20.6 Å². The molecule has 0 rings (SSSR count). The molecule has 3 atom stereocenters. The van der Waals surface area contributed by atoms with E-state index < -0.39 is 18.2 Å². The first-order valence-corrected chi connectivity index (χ1v) is 26.9. The van der Waals surface area contributed by atoms with E-state index >= 15 is 0 Å². The smallest absolute Gasteiger partial charge is 0.222 e. The van der Waals surface area contributed by atoms with Crippen molar-refractivity contribution in [2.75, 3.05) is 6.61 Å². The van der Waals surface area contributed by atoms with Gasteiger partial charge in [-0.3, -0.25) is 4.79 Å². The van der Waals surface area contributed by atoms with Crippen LogP contribution in [0.2, 0.25) is 0 Å². The van der Waals surface area contributed by atoms with Crippen LogP contribution >= 0.6 is 0 Å². The molecule has 358 valence electrons. The first kappa shape index (κ1) is 59.3. The van der Waals surface area contributed by atoms with Crippen LogP contribution in [0.5, 0.6) is 0 Å². The van der Waals surface area contributed by atoms with Crippen LogP contribution < -0.4 is 5.32 Å². The van der Waals surface area contributed by atoms with Crippen LogP contribution in [0.25, 0.3) is 0 Å².